The van der Waals surface area contributed by atoms with Gasteiger partial charge >= 0.3 is 17.9 Å². The average molecular weight is 1550 g/mol. The van der Waals surface area contributed by atoms with Crippen molar-refractivity contribution in [2.24, 2.45) is 11.8 Å². The maximum Gasteiger partial charge on any atom is 0.337 e. The number of carboxylic acids is 1. The summed E-state index contributed by atoms with van der Waals surface area (Å²) in [5.74, 6) is -3.63. The molecule has 0 atom stereocenters. The standard InChI is InChI=1S/C23H28ClNO4.C23H28ClNO3.C19H20ClNO4.C18H18ClNO4.CH4/c1-22(2,3)14-11-15(19(26)16(12-14)23(4,5)6)20(27)25-18-9-8-13(10-17(18)24)21(28)29-7;1-13(26)14-8-9-19(18(24)10-14)25-21(28)16-11-15(22(2,3)4)12-17(20(16)27)23(5,6)7;1-11(2)8-12-4-7-17(22)14(9-12)18(23)21-16-6-5-13(10-15(16)20)19(24)25-3;1-10(2)7-11-3-6-16(21)13(8-11)17(22)20-15-5-4-12(18(23)24)9-14(15)19;/h8-12,26H,1-7H3,(H,25,27);8-12,27H,1-7H3,(H,25,28);4-7,9-11,22H,8H2,1-3H3,(H,21,23);3-6,8-10,21H,7H2,1-2H3,(H,20,22)(H,23,24);1H4. The van der Waals surface area contributed by atoms with Crippen molar-refractivity contribution in [2.75, 3.05) is 35.5 Å². The van der Waals surface area contributed by atoms with Gasteiger partial charge in [-0.15, -0.1) is 0 Å². The molecule has 0 saturated heterocycles. The molecule has 23 heteroatoms. The van der Waals surface area contributed by atoms with Gasteiger partial charge in [-0.2, -0.15) is 0 Å². The molecule has 0 aromatic heterocycles. The van der Waals surface area contributed by atoms with Crippen LogP contribution < -0.4 is 21.3 Å². The minimum atomic E-state index is -1.10. The van der Waals surface area contributed by atoms with E-state index in [-0.39, 0.29) is 123 Å². The molecule has 0 aliphatic heterocycles. The number of anilines is 4. The van der Waals surface area contributed by atoms with Crippen LogP contribution in [0.1, 0.15) is 241 Å². The van der Waals surface area contributed by atoms with E-state index in [1.807, 2.05) is 53.7 Å². The Bertz CT molecular complexity index is 4630. The number of aromatic carboxylic acids is 1. The zero-order valence-electron chi connectivity index (χ0n) is 63.1. The second kappa shape index (κ2) is 37.6. The number of hydrogen-bond donors (Lipinski definition) is 9. The molecule has 8 aromatic rings. The van der Waals surface area contributed by atoms with E-state index >= 15 is 0 Å². The molecule has 0 unspecified atom stereocenters. The Morgan fingerprint density at radius 3 is 0.925 bits per heavy atom. The summed E-state index contributed by atoms with van der Waals surface area (Å²) in [6.07, 6.45) is 1.59. The Morgan fingerprint density at radius 1 is 0.383 bits per heavy atom. The molecule has 19 nitrogen and oxygen atoms in total. The smallest absolute Gasteiger partial charge is 0.337 e. The molecule has 0 fully saturated rings. The van der Waals surface area contributed by atoms with Gasteiger partial charge in [0.1, 0.15) is 23.0 Å². The number of hydrogen-bond acceptors (Lipinski definition) is 14. The largest absolute Gasteiger partial charge is 0.507 e. The van der Waals surface area contributed by atoms with Crippen molar-refractivity contribution in [2.45, 2.75) is 160 Å². The normalized spacial score (nSPS) is 11.2. The molecule has 8 aromatic carbocycles. The lowest BCUT2D eigenvalue weighted by Gasteiger charge is -2.27. The third-order valence-electron chi connectivity index (χ3n) is 16.3. The highest BCUT2D eigenvalue weighted by Crippen LogP contribution is 2.41. The lowest BCUT2D eigenvalue weighted by Crippen LogP contribution is -2.20. The molecule has 8 rings (SSSR count). The van der Waals surface area contributed by atoms with Crippen LogP contribution in [0.4, 0.5) is 22.7 Å². The second-order valence-electron chi connectivity index (χ2n) is 30.2. The molecule has 0 radical (unpaired) electrons. The molecule has 0 bridgehead atoms. The minimum absolute atomic E-state index is 0. The van der Waals surface area contributed by atoms with Crippen molar-refractivity contribution in [3.8, 4) is 23.0 Å². The van der Waals surface area contributed by atoms with Gasteiger partial charge in [0.15, 0.2) is 5.78 Å². The molecule has 0 heterocycles. The van der Waals surface area contributed by atoms with E-state index in [9.17, 15) is 58.8 Å². The fourth-order valence-electron chi connectivity index (χ4n) is 10.4. The number of carbonyl (C=O) groups is 8. The molecule has 572 valence electrons. The van der Waals surface area contributed by atoms with Gasteiger partial charge < -0.3 is 56.3 Å². The van der Waals surface area contributed by atoms with Crippen molar-refractivity contribution < 1.29 is 73.4 Å². The number of nitrogens with one attached hydrogen (secondary N) is 4. The van der Waals surface area contributed by atoms with E-state index in [0.29, 0.717) is 45.6 Å². The number of rotatable bonds is 16. The number of phenolic OH excluding ortho intramolecular Hbond substituents is 4. The van der Waals surface area contributed by atoms with Crippen molar-refractivity contribution in [1.29, 1.82) is 0 Å². The van der Waals surface area contributed by atoms with Crippen LogP contribution in [0.3, 0.4) is 0 Å². The molecule has 0 aliphatic carbocycles. The Balaban J connectivity index is 0.000000301. The van der Waals surface area contributed by atoms with E-state index in [0.717, 1.165) is 35.1 Å². The first-order chi connectivity index (χ1) is 49.1. The molecule has 0 aliphatic rings. The number of benzene rings is 8. The average Bonchev–Trinajstić information content (AvgIpc) is 0.771. The monoisotopic (exact) mass is 1540 g/mol. The Hall–Kier alpha value is -9.92. The predicted molar refractivity (Wildman–Crippen MR) is 428 cm³/mol. The summed E-state index contributed by atoms with van der Waals surface area (Å²) in [6, 6.07) is 34.9. The van der Waals surface area contributed by atoms with Gasteiger partial charge in [0.05, 0.1) is 96.0 Å². The van der Waals surface area contributed by atoms with Crippen LogP contribution in [0, 0.1) is 11.8 Å². The number of ether oxygens (including phenoxy) is 2. The topological polar surface area (TPSA) is 304 Å². The van der Waals surface area contributed by atoms with Crippen LogP contribution in [-0.4, -0.2) is 87.1 Å². The highest BCUT2D eigenvalue weighted by molar-refractivity contribution is 6.36. The molecule has 9 N–H and O–H groups in total. The fraction of sp³-hybridized carbons (Fsp3) is 0.333. The molecule has 0 spiro atoms. The van der Waals surface area contributed by atoms with Crippen LogP contribution in [0.15, 0.2) is 133 Å². The lowest BCUT2D eigenvalue weighted by atomic mass is 9.79. The van der Waals surface area contributed by atoms with E-state index in [1.54, 1.807) is 48.5 Å². The zero-order chi connectivity index (χ0) is 80.0. The van der Waals surface area contributed by atoms with Crippen molar-refractivity contribution in [1.82, 2.24) is 0 Å². The van der Waals surface area contributed by atoms with E-state index in [2.05, 4.69) is 100.0 Å². The highest BCUT2D eigenvalue weighted by Gasteiger charge is 2.30. The summed E-state index contributed by atoms with van der Waals surface area (Å²) in [7, 11) is 2.56. The van der Waals surface area contributed by atoms with Crippen LogP contribution in [0.2, 0.25) is 20.1 Å². The highest BCUT2D eigenvalue weighted by atomic mass is 35.5. The molecule has 107 heavy (non-hydrogen) atoms. The summed E-state index contributed by atoms with van der Waals surface area (Å²) in [4.78, 5) is 96.3. The number of amides is 4. The summed E-state index contributed by atoms with van der Waals surface area (Å²) < 4.78 is 9.29. The summed E-state index contributed by atoms with van der Waals surface area (Å²) >= 11 is 24.6. The number of carbonyl (C=O) groups excluding carboxylic acids is 7. The SMILES string of the molecule is C.CC(=O)c1ccc(NC(=O)c2cc(C(C)(C)C)cc(C(C)(C)C)c2O)c(Cl)c1.CC(C)Cc1ccc(O)c(C(=O)Nc2ccc(C(=O)O)cc2Cl)c1.COC(=O)c1ccc(NC(=O)c2cc(C(C)(C)C)cc(C(C)(C)C)c2O)c(Cl)c1.COC(=O)c1ccc(NC(=O)c2cc(CC(C)C)ccc2O)c(Cl)c1. The Kier molecular flexibility index (Phi) is 31.4. The van der Waals surface area contributed by atoms with Gasteiger partial charge in [0.2, 0.25) is 0 Å². The third-order valence-corrected chi connectivity index (χ3v) is 17.6. The maximum atomic E-state index is 13.0. The first-order valence-electron chi connectivity index (χ1n) is 33.8. The quantitative estimate of drug-likeness (QED) is 0.0321. The number of halogens is 4. The Labute approximate surface area is 647 Å². The number of Topliss-reactive ketones (excluding diaryl/α,β-unsaturated/α-hetero) is 1. The second-order valence-corrected chi connectivity index (χ2v) is 31.8. The van der Waals surface area contributed by atoms with Crippen LogP contribution >= 0.6 is 46.4 Å². The number of aromatic hydroxyl groups is 4. The van der Waals surface area contributed by atoms with Crippen LogP contribution in [0.5, 0.6) is 23.0 Å². The van der Waals surface area contributed by atoms with Crippen LogP contribution in [0.25, 0.3) is 0 Å². The minimum Gasteiger partial charge on any atom is -0.507 e. The molecular formula is C84H98Cl4N4O15. The lowest BCUT2D eigenvalue weighted by molar-refractivity contribution is 0.0592. The van der Waals surface area contributed by atoms with Gasteiger partial charge in [-0.1, -0.05) is 189 Å². The summed E-state index contributed by atoms with van der Waals surface area (Å²) in [6.45, 7) is 34.0. The summed E-state index contributed by atoms with van der Waals surface area (Å²) in [5.41, 5.74) is 7.23. The van der Waals surface area contributed by atoms with E-state index in [4.69, 9.17) is 51.5 Å². The van der Waals surface area contributed by atoms with Crippen molar-refractivity contribution in [3.63, 3.8) is 0 Å². The van der Waals surface area contributed by atoms with E-state index in [1.165, 1.54) is 93.9 Å². The Morgan fingerprint density at radius 2 is 0.664 bits per heavy atom. The fourth-order valence-corrected chi connectivity index (χ4v) is 11.3. The zero-order valence-corrected chi connectivity index (χ0v) is 66.1. The van der Waals surface area contributed by atoms with Gasteiger partial charge in [-0.3, -0.25) is 24.0 Å². The predicted octanol–water partition coefficient (Wildman–Crippen LogP) is 20.9. The number of phenols is 4. The number of esters is 2. The number of methoxy groups -OCH3 is 2. The van der Waals surface area contributed by atoms with E-state index < -0.39 is 41.5 Å². The molecular weight excluding hydrogens is 1450 g/mol. The van der Waals surface area contributed by atoms with Gasteiger partial charge in [-0.05, 0) is 185 Å². The number of ketones is 1. The molecule has 4 amide bonds. The third kappa shape index (κ3) is 25.1. The van der Waals surface area contributed by atoms with Crippen molar-refractivity contribution >= 4 is 116 Å². The number of carboxylic acid groups (broad SMARTS) is 1. The van der Waals surface area contributed by atoms with Crippen LogP contribution in [-0.2, 0) is 44.0 Å². The first kappa shape index (κ1) is 89.5. The summed E-state index contributed by atoms with van der Waals surface area (Å²) in [5, 5.41) is 62.0. The van der Waals surface area contributed by atoms with Gasteiger partial charge in [0, 0.05) is 16.7 Å². The van der Waals surface area contributed by atoms with Crippen molar-refractivity contribution in [3.05, 3.63) is 231 Å². The molecule has 0 saturated carbocycles. The van der Waals surface area contributed by atoms with Gasteiger partial charge in [0.25, 0.3) is 23.6 Å². The maximum absolute atomic E-state index is 13.0. The first-order valence-corrected chi connectivity index (χ1v) is 35.3. The van der Waals surface area contributed by atoms with Gasteiger partial charge in [-0.25, -0.2) is 14.4 Å².